The number of benzene rings is 2. The van der Waals surface area contributed by atoms with E-state index in [1.165, 1.54) is 12.1 Å². The second kappa shape index (κ2) is 6.48. The van der Waals surface area contributed by atoms with Crippen molar-refractivity contribution >= 4 is 21.8 Å². The van der Waals surface area contributed by atoms with Gasteiger partial charge in [-0.3, -0.25) is 4.79 Å². The monoisotopic (exact) mass is 321 g/mol. The lowest BCUT2D eigenvalue weighted by molar-refractivity contribution is -0.120. The normalized spacial score (nSPS) is 10.2. The lowest BCUT2D eigenvalue weighted by Gasteiger charge is -2.06. The average molecular weight is 322 g/mol. The molecule has 1 N–H and O–H groups in total. The largest absolute Gasteiger partial charge is 0.352 e. The highest BCUT2D eigenvalue weighted by Crippen LogP contribution is 2.10. The minimum Gasteiger partial charge on any atom is -0.352 e. The van der Waals surface area contributed by atoms with Gasteiger partial charge in [-0.05, 0) is 35.4 Å². The molecular weight excluding hydrogens is 309 g/mol. The highest BCUT2D eigenvalue weighted by atomic mass is 79.9. The second-order valence-electron chi connectivity index (χ2n) is 4.21. The molecule has 0 fully saturated rings. The van der Waals surface area contributed by atoms with Gasteiger partial charge in [0.2, 0.25) is 5.91 Å². The van der Waals surface area contributed by atoms with Crippen LogP contribution in [-0.2, 0) is 17.8 Å². The van der Waals surface area contributed by atoms with Crippen LogP contribution in [0.25, 0.3) is 0 Å². The lowest BCUT2D eigenvalue weighted by atomic mass is 10.1. The van der Waals surface area contributed by atoms with Crippen molar-refractivity contribution in [3.05, 3.63) is 69.9 Å². The molecule has 0 aliphatic rings. The number of nitrogens with one attached hydrogen (secondary N) is 1. The van der Waals surface area contributed by atoms with E-state index < -0.39 is 0 Å². The van der Waals surface area contributed by atoms with E-state index in [0.717, 1.165) is 10.0 Å². The fourth-order valence-electron chi connectivity index (χ4n) is 1.70. The predicted octanol–water partition coefficient (Wildman–Crippen LogP) is 3.45. The van der Waals surface area contributed by atoms with Gasteiger partial charge < -0.3 is 5.32 Å². The van der Waals surface area contributed by atoms with Gasteiger partial charge in [0.15, 0.2) is 0 Å². The summed E-state index contributed by atoms with van der Waals surface area (Å²) in [5, 5.41) is 2.81. The van der Waals surface area contributed by atoms with E-state index in [2.05, 4.69) is 21.2 Å². The summed E-state index contributed by atoms with van der Waals surface area (Å²) in [4.78, 5) is 11.7. The molecule has 0 heterocycles. The van der Waals surface area contributed by atoms with Gasteiger partial charge >= 0.3 is 0 Å². The molecule has 0 atom stereocenters. The predicted molar refractivity (Wildman–Crippen MR) is 76.1 cm³/mol. The molecule has 19 heavy (non-hydrogen) atoms. The molecule has 4 heteroatoms. The number of hydrogen-bond acceptors (Lipinski definition) is 1. The van der Waals surface area contributed by atoms with Crippen LogP contribution in [0.2, 0.25) is 0 Å². The summed E-state index contributed by atoms with van der Waals surface area (Å²) in [5.74, 6) is -0.438. The van der Waals surface area contributed by atoms with Gasteiger partial charge in [0.1, 0.15) is 5.82 Å². The van der Waals surface area contributed by atoms with E-state index >= 15 is 0 Å². The molecule has 2 aromatic rings. The summed E-state index contributed by atoms with van der Waals surface area (Å²) in [5.41, 5.74) is 1.70. The van der Waals surface area contributed by atoms with E-state index in [-0.39, 0.29) is 18.1 Å². The summed E-state index contributed by atoms with van der Waals surface area (Å²) in [6.45, 7) is 0.474. The molecule has 2 nitrogen and oxygen atoms in total. The molecule has 0 aliphatic heterocycles. The molecule has 0 aliphatic carbocycles. The number of halogens is 2. The first-order chi connectivity index (χ1) is 9.13. The maximum absolute atomic E-state index is 13.0. The molecule has 2 rings (SSSR count). The van der Waals surface area contributed by atoms with Crippen molar-refractivity contribution in [1.29, 1.82) is 0 Å². The third-order valence-corrected chi connectivity index (χ3v) is 3.19. The smallest absolute Gasteiger partial charge is 0.224 e. The van der Waals surface area contributed by atoms with Gasteiger partial charge in [0.05, 0.1) is 6.42 Å². The van der Waals surface area contributed by atoms with Crippen molar-refractivity contribution in [2.75, 3.05) is 0 Å². The molecule has 0 spiro atoms. The first-order valence-electron chi connectivity index (χ1n) is 5.89. The number of hydrogen-bond donors (Lipinski definition) is 1. The Morgan fingerprint density at radius 1 is 1.11 bits per heavy atom. The Bertz CT molecular complexity index is 569. The van der Waals surface area contributed by atoms with Gasteiger partial charge in [-0.15, -0.1) is 0 Å². The molecule has 0 bridgehead atoms. The third kappa shape index (κ3) is 4.48. The lowest BCUT2D eigenvalue weighted by Crippen LogP contribution is -2.24. The van der Waals surface area contributed by atoms with Crippen LogP contribution >= 0.6 is 15.9 Å². The molecule has 98 valence electrons. The van der Waals surface area contributed by atoms with Gasteiger partial charge in [0.25, 0.3) is 0 Å². The number of carbonyl (C=O) groups is 1. The van der Waals surface area contributed by atoms with Crippen LogP contribution in [0.1, 0.15) is 11.1 Å². The average Bonchev–Trinajstić information content (AvgIpc) is 2.38. The van der Waals surface area contributed by atoms with Crippen LogP contribution in [-0.4, -0.2) is 5.91 Å². The highest BCUT2D eigenvalue weighted by molar-refractivity contribution is 9.10. The zero-order valence-corrected chi connectivity index (χ0v) is 11.8. The maximum atomic E-state index is 13.0. The number of carbonyl (C=O) groups excluding carboxylic acids is 1. The van der Waals surface area contributed by atoms with Gasteiger partial charge in [-0.2, -0.15) is 0 Å². The van der Waals surface area contributed by atoms with E-state index in [0.29, 0.717) is 12.1 Å². The van der Waals surface area contributed by atoms with E-state index in [9.17, 15) is 9.18 Å². The van der Waals surface area contributed by atoms with Crippen LogP contribution in [0.3, 0.4) is 0 Å². The van der Waals surface area contributed by atoms with Crippen molar-refractivity contribution in [2.24, 2.45) is 0 Å². The van der Waals surface area contributed by atoms with Gasteiger partial charge in [-0.25, -0.2) is 4.39 Å². The Morgan fingerprint density at radius 3 is 2.53 bits per heavy atom. The molecule has 2 aromatic carbocycles. The molecule has 0 saturated heterocycles. The highest BCUT2D eigenvalue weighted by Gasteiger charge is 2.04. The van der Waals surface area contributed by atoms with Crippen LogP contribution in [0.5, 0.6) is 0 Å². The summed E-state index contributed by atoms with van der Waals surface area (Å²) >= 11 is 3.35. The standard InChI is InChI=1S/C15H13BrFNO/c16-13-6-4-11(5-7-13)10-18-15(19)9-12-2-1-3-14(17)8-12/h1-8H,9-10H2,(H,18,19). The summed E-state index contributed by atoms with van der Waals surface area (Å²) in [6, 6.07) is 13.8. The third-order valence-electron chi connectivity index (χ3n) is 2.66. The Kier molecular flexibility index (Phi) is 4.68. The van der Waals surface area contributed by atoms with Crippen molar-refractivity contribution in [3.8, 4) is 0 Å². The molecule has 1 amide bonds. The molecule has 0 aromatic heterocycles. The van der Waals surface area contributed by atoms with E-state index in [1.807, 2.05) is 24.3 Å². The summed E-state index contributed by atoms with van der Waals surface area (Å²) in [6.07, 6.45) is 0.189. The van der Waals surface area contributed by atoms with Crippen molar-refractivity contribution < 1.29 is 9.18 Å². The fraction of sp³-hybridized carbons (Fsp3) is 0.133. The SMILES string of the molecule is O=C(Cc1cccc(F)c1)NCc1ccc(Br)cc1. The maximum Gasteiger partial charge on any atom is 0.224 e. The Balaban J connectivity index is 1.86. The number of rotatable bonds is 4. The van der Waals surface area contributed by atoms with Crippen LogP contribution in [0.4, 0.5) is 4.39 Å². The van der Waals surface area contributed by atoms with Crippen molar-refractivity contribution in [2.45, 2.75) is 13.0 Å². The van der Waals surface area contributed by atoms with Crippen molar-refractivity contribution in [1.82, 2.24) is 5.32 Å². The van der Waals surface area contributed by atoms with Crippen LogP contribution < -0.4 is 5.32 Å². The van der Waals surface area contributed by atoms with Crippen molar-refractivity contribution in [3.63, 3.8) is 0 Å². The Morgan fingerprint density at radius 2 is 1.84 bits per heavy atom. The minimum atomic E-state index is -0.321. The molecular formula is C15H13BrFNO. The number of amides is 1. The van der Waals surface area contributed by atoms with Crippen LogP contribution in [0.15, 0.2) is 53.0 Å². The van der Waals surface area contributed by atoms with Crippen LogP contribution in [0, 0.1) is 5.82 Å². The summed E-state index contributed by atoms with van der Waals surface area (Å²) in [7, 11) is 0. The first kappa shape index (κ1) is 13.7. The molecule has 0 unspecified atom stereocenters. The second-order valence-corrected chi connectivity index (χ2v) is 5.13. The topological polar surface area (TPSA) is 29.1 Å². The van der Waals surface area contributed by atoms with Gasteiger partial charge in [-0.1, -0.05) is 40.2 Å². The molecule has 0 saturated carbocycles. The summed E-state index contributed by atoms with van der Waals surface area (Å²) < 4.78 is 14.0. The van der Waals surface area contributed by atoms with E-state index in [1.54, 1.807) is 12.1 Å². The quantitative estimate of drug-likeness (QED) is 0.918. The van der Waals surface area contributed by atoms with Gasteiger partial charge in [0, 0.05) is 11.0 Å². The Hall–Kier alpha value is -1.68. The fourth-order valence-corrected chi connectivity index (χ4v) is 1.96. The zero-order valence-electron chi connectivity index (χ0n) is 10.2. The Labute approximate surface area is 119 Å². The zero-order chi connectivity index (χ0) is 13.7. The molecule has 0 radical (unpaired) electrons. The minimum absolute atomic E-state index is 0.117. The first-order valence-corrected chi connectivity index (χ1v) is 6.68. The van der Waals surface area contributed by atoms with E-state index in [4.69, 9.17) is 0 Å².